The molecule has 0 heterocycles. The molecule has 5 heteroatoms. The van der Waals surface area contributed by atoms with Gasteiger partial charge in [-0.15, -0.1) is 0 Å². The van der Waals surface area contributed by atoms with E-state index in [1.807, 2.05) is 13.8 Å². The Kier molecular flexibility index (Phi) is 5.92. The van der Waals surface area contributed by atoms with Gasteiger partial charge in [-0.2, -0.15) is 0 Å². The molecular formula is C20H36O5. The minimum absolute atomic E-state index is 0.0347. The van der Waals surface area contributed by atoms with Crippen molar-refractivity contribution in [1.29, 1.82) is 0 Å². The Morgan fingerprint density at radius 1 is 1.24 bits per heavy atom. The molecule has 0 aromatic carbocycles. The van der Waals surface area contributed by atoms with E-state index in [-0.39, 0.29) is 29.3 Å². The molecule has 2 aliphatic rings. The molecule has 0 aromatic rings. The van der Waals surface area contributed by atoms with Gasteiger partial charge >= 0.3 is 5.97 Å². The molecule has 0 radical (unpaired) electrons. The third kappa shape index (κ3) is 4.04. The van der Waals surface area contributed by atoms with Crippen LogP contribution in [-0.4, -0.2) is 34.1 Å². The molecule has 2 fully saturated rings. The Morgan fingerprint density at radius 2 is 1.84 bits per heavy atom. The fraction of sp³-hybridized carbons (Fsp3) is 0.950. The summed E-state index contributed by atoms with van der Waals surface area (Å²) in [7, 11) is 0. The van der Waals surface area contributed by atoms with Crippen LogP contribution in [0.5, 0.6) is 0 Å². The van der Waals surface area contributed by atoms with Crippen LogP contribution in [-0.2, 0) is 14.4 Å². The summed E-state index contributed by atoms with van der Waals surface area (Å²) in [4.78, 5) is 17.3. The van der Waals surface area contributed by atoms with Crippen LogP contribution in [0.3, 0.4) is 0 Å². The quantitative estimate of drug-likeness (QED) is 0.429. The first-order valence-corrected chi connectivity index (χ1v) is 9.64. The second kappa shape index (κ2) is 7.16. The summed E-state index contributed by atoms with van der Waals surface area (Å²) in [6, 6.07) is 0. The lowest BCUT2D eigenvalue weighted by Gasteiger charge is -2.36. The zero-order chi connectivity index (χ0) is 19.2. The number of carbonyl (C=O) groups excluding carboxylic acids is 1. The summed E-state index contributed by atoms with van der Waals surface area (Å²) >= 11 is 0. The topological polar surface area (TPSA) is 76.0 Å². The van der Waals surface area contributed by atoms with Gasteiger partial charge in [0.25, 0.3) is 0 Å². The van der Waals surface area contributed by atoms with E-state index in [0.29, 0.717) is 17.8 Å². The Bertz CT molecular complexity index is 484. The van der Waals surface area contributed by atoms with E-state index in [9.17, 15) is 9.90 Å². The second-order valence-corrected chi connectivity index (χ2v) is 9.77. The average molecular weight is 357 g/mol. The van der Waals surface area contributed by atoms with E-state index in [0.717, 1.165) is 12.8 Å². The SMILES string of the molecule is CC1CCC(C(C)C)C(OC(=O)C2C(C(O)C(C)(C)OO)C2(C)C)C1. The van der Waals surface area contributed by atoms with E-state index in [1.54, 1.807) is 13.8 Å². The number of aliphatic hydroxyl groups is 1. The molecule has 0 amide bonds. The zero-order valence-electron chi connectivity index (χ0n) is 16.8. The lowest BCUT2D eigenvalue weighted by molar-refractivity contribution is -0.336. The number of hydrogen-bond acceptors (Lipinski definition) is 5. The van der Waals surface area contributed by atoms with Gasteiger partial charge < -0.3 is 9.84 Å². The van der Waals surface area contributed by atoms with Crippen LogP contribution >= 0.6 is 0 Å². The van der Waals surface area contributed by atoms with Crippen LogP contribution in [0.1, 0.15) is 67.7 Å². The van der Waals surface area contributed by atoms with Crippen molar-refractivity contribution in [3.05, 3.63) is 0 Å². The van der Waals surface area contributed by atoms with E-state index in [1.165, 1.54) is 6.42 Å². The molecule has 146 valence electrons. The molecule has 2 N–H and O–H groups in total. The summed E-state index contributed by atoms with van der Waals surface area (Å²) < 4.78 is 5.97. The number of aliphatic hydroxyl groups excluding tert-OH is 1. The molecule has 25 heavy (non-hydrogen) atoms. The summed E-state index contributed by atoms with van der Waals surface area (Å²) in [5, 5.41) is 19.6. The van der Waals surface area contributed by atoms with Crippen LogP contribution in [0.15, 0.2) is 0 Å². The molecule has 5 nitrogen and oxygen atoms in total. The second-order valence-electron chi connectivity index (χ2n) is 9.77. The van der Waals surface area contributed by atoms with Crippen molar-refractivity contribution < 1.29 is 24.8 Å². The molecule has 0 aromatic heterocycles. The third-order valence-corrected chi connectivity index (χ3v) is 6.68. The lowest BCUT2D eigenvalue weighted by Crippen LogP contribution is -2.41. The van der Waals surface area contributed by atoms with Gasteiger partial charge in [-0.05, 0) is 49.9 Å². The van der Waals surface area contributed by atoms with Crippen LogP contribution in [0.25, 0.3) is 0 Å². The zero-order valence-corrected chi connectivity index (χ0v) is 16.8. The smallest absolute Gasteiger partial charge is 0.310 e. The average Bonchev–Trinajstić information content (AvgIpc) is 3.08. The molecule has 2 saturated carbocycles. The first kappa shape index (κ1) is 20.7. The van der Waals surface area contributed by atoms with Crippen molar-refractivity contribution >= 4 is 5.97 Å². The maximum absolute atomic E-state index is 12.9. The van der Waals surface area contributed by atoms with E-state index in [4.69, 9.17) is 9.99 Å². The summed E-state index contributed by atoms with van der Waals surface area (Å²) in [6.07, 6.45) is 2.24. The fourth-order valence-corrected chi connectivity index (χ4v) is 4.68. The first-order valence-electron chi connectivity index (χ1n) is 9.64. The van der Waals surface area contributed by atoms with Crippen molar-refractivity contribution in [3.63, 3.8) is 0 Å². The van der Waals surface area contributed by atoms with Crippen molar-refractivity contribution in [1.82, 2.24) is 0 Å². The molecule has 0 aliphatic heterocycles. The van der Waals surface area contributed by atoms with E-state index >= 15 is 0 Å². The van der Waals surface area contributed by atoms with Gasteiger partial charge in [0, 0.05) is 5.92 Å². The van der Waals surface area contributed by atoms with Crippen molar-refractivity contribution in [3.8, 4) is 0 Å². The molecule has 0 spiro atoms. The molecule has 6 unspecified atom stereocenters. The van der Waals surface area contributed by atoms with Crippen molar-refractivity contribution in [2.24, 2.45) is 35.0 Å². The van der Waals surface area contributed by atoms with Crippen LogP contribution in [0.4, 0.5) is 0 Å². The van der Waals surface area contributed by atoms with Crippen molar-refractivity contribution in [2.45, 2.75) is 85.5 Å². The molecule has 6 atom stereocenters. The summed E-state index contributed by atoms with van der Waals surface area (Å²) in [5.74, 6) is 0.613. The summed E-state index contributed by atoms with van der Waals surface area (Å²) in [5.41, 5.74) is -1.48. The van der Waals surface area contributed by atoms with Gasteiger partial charge in [-0.3, -0.25) is 10.1 Å². The Balaban J connectivity index is 2.07. The number of hydrogen-bond donors (Lipinski definition) is 2. The minimum Gasteiger partial charge on any atom is -0.462 e. The molecule has 2 rings (SSSR count). The first-order chi connectivity index (χ1) is 11.4. The highest BCUT2D eigenvalue weighted by Crippen LogP contribution is 2.62. The van der Waals surface area contributed by atoms with Crippen LogP contribution < -0.4 is 0 Å². The van der Waals surface area contributed by atoms with E-state index < -0.39 is 11.7 Å². The lowest BCUT2D eigenvalue weighted by atomic mass is 9.75. The largest absolute Gasteiger partial charge is 0.462 e. The predicted octanol–water partition coefficient (Wildman–Crippen LogP) is 3.89. The van der Waals surface area contributed by atoms with Gasteiger partial charge in [-0.25, -0.2) is 4.89 Å². The van der Waals surface area contributed by atoms with Gasteiger partial charge in [0.05, 0.1) is 12.0 Å². The number of carbonyl (C=O) groups is 1. The predicted molar refractivity (Wildman–Crippen MR) is 95.8 cm³/mol. The molecule has 2 aliphatic carbocycles. The number of ether oxygens (including phenoxy) is 1. The summed E-state index contributed by atoms with van der Waals surface area (Å²) in [6.45, 7) is 13.8. The highest BCUT2D eigenvalue weighted by atomic mass is 17.1. The van der Waals surface area contributed by atoms with Crippen LogP contribution in [0.2, 0.25) is 0 Å². The monoisotopic (exact) mass is 356 g/mol. The fourth-order valence-electron chi connectivity index (χ4n) is 4.68. The highest BCUT2D eigenvalue weighted by molar-refractivity contribution is 5.78. The Morgan fingerprint density at radius 3 is 2.36 bits per heavy atom. The molecule has 0 bridgehead atoms. The van der Waals surface area contributed by atoms with Crippen LogP contribution in [0, 0.1) is 35.0 Å². The van der Waals surface area contributed by atoms with Crippen molar-refractivity contribution in [2.75, 3.05) is 0 Å². The Labute approximate surface area is 152 Å². The maximum atomic E-state index is 12.9. The van der Waals surface area contributed by atoms with Gasteiger partial charge in [-0.1, -0.05) is 41.0 Å². The highest BCUT2D eigenvalue weighted by Gasteiger charge is 2.68. The number of esters is 1. The molecule has 0 saturated heterocycles. The Hall–Kier alpha value is -0.650. The van der Waals surface area contributed by atoms with Gasteiger partial charge in [0.2, 0.25) is 0 Å². The maximum Gasteiger partial charge on any atom is 0.310 e. The standard InChI is InChI=1S/C20H36O5/c1-11(2)13-9-8-12(3)10-14(13)24-18(22)16-15(19(16,4)5)17(21)20(6,7)25-23/h11-17,21,23H,8-10H2,1-7H3. The number of rotatable bonds is 6. The normalized spacial score (nSPS) is 36.2. The van der Waals surface area contributed by atoms with Gasteiger partial charge in [0.1, 0.15) is 11.7 Å². The minimum atomic E-state index is -1.11. The third-order valence-electron chi connectivity index (χ3n) is 6.68. The molecular weight excluding hydrogens is 320 g/mol. The van der Waals surface area contributed by atoms with E-state index in [2.05, 4.69) is 25.7 Å². The van der Waals surface area contributed by atoms with Gasteiger partial charge in [0.15, 0.2) is 0 Å².